The molecule has 5 unspecified atom stereocenters. The fourth-order valence-corrected chi connectivity index (χ4v) is 4.48. The highest BCUT2D eigenvalue weighted by molar-refractivity contribution is 5.85. The van der Waals surface area contributed by atoms with Gasteiger partial charge in [-0.25, -0.2) is 4.68 Å². The number of fused-ring (bicyclic) bond motifs is 2. The van der Waals surface area contributed by atoms with Crippen molar-refractivity contribution in [1.82, 2.24) is 15.1 Å². The molecule has 0 radical (unpaired) electrons. The molecule has 0 spiro atoms. The quantitative estimate of drug-likeness (QED) is 0.880. The molecule has 134 valence electrons. The number of rotatable bonds is 4. The lowest BCUT2D eigenvalue weighted by Crippen LogP contribution is -2.45. The van der Waals surface area contributed by atoms with Crippen LogP contribution >= 0.6 is 12.4 Å². The number of halogens is 1. The van der Waals surface area contributed by atoms with Gasteiger partial charge in [-0.2, -0.15) is 5.10 Å². The Morgan fingerprint density at radius 1 is 1.32 bits per heavy atom. The first kappa shape index (κ1) is 18.0. The van der Waals surface area contributed by atoms with Crippen LogP contribution in [0.15, 0.2) is 42.7 Å². The minimum absolute atomic E-state index is 0. The summed E-state index contributed by atoms with van der Waals surface area (Å²) in [5, 5.41) is 7.44. The van der Waals surface area contributed by atoms with Gasteiger partial charge in [0.25, 0.3) is 0 Å². The van der Waals surface area contributed by atoms with Crippen molar-refractivity contribution in [2.75, 3.05) is 0 Å². The molecule has 5 atom stereocenters. The molecule has 1 heterocycles. The summed E-state index contributed by atoms with van der Waals surface area (Å²) in [6.07, 6.45) is 7.14. The molecule has 1 aromatic carbocycles. The second-order valence-corrected chi connectivity index (χ2v) is 7.21. The highest BCUT2D eigenvalue weighted by Gasteiger charge is 2.49. The molecule has 4 rings (SSSR count). The van der Waals surface area contributed by atoms with E-state index >= 15 is 0 Å². The van der Waals surface area contributed by atoms with Crippen molar-refractivity contribution < 1.29 is 4.79 Å². The van der Waals surface area contributed by atoms with Crippen LogP contribution in [0.1, 0.15) is 37.8 Å². The summed E-state index contributed by atoms with van der Waals surface area (Å²) in [5.41, 5.74) is 8.37. The molecule has 2 fully saturated rings. The predicted octanol–water partition coefficient (Wildman–Crippen LogP) is 2.84. The van der Waals surface area contributed by atoms with E-state index < -0.39 is 0 Å². The molecule has 2 saturated carbocycles. The van der Waals surface area contributed by atoms with Crippen LogP contribution in [-0.4, -0.2) is 21.7 Å². The summed E-state index contributed by atoms with van der Waals surface area (Å²) in [6.45, 7) is 2.03. The van der Waals surface area contributed by atoms with Crippen molar-refractivity contribution in [3.05, 3.63) is 48.3 Å². The van der Waals surface area contributed by atoms with Gasteiger partial charge < -0.3 is 11.1 Å². The van der Waals surface area contributed by atoms with Crippen molar-refractivity contribution in [2.24, 2.45) is 23.5 Å². The lowest BCUT2D eigenvalue weighted by molar-refractivity contribution is -0.127. The van der Waals surface area contributed by atoms with Crippen LogP contribution in [0.3, 0.4) is 0 Å². The second kappa shape index (κ2) is 7.18. The SMILES string of the molecule is CC(NC(=O)C1C2CCC(C2)C1N)c1cccc(-n2cccn2)c1.Cl. The Balaban J connectivity index is 0.00000182. The van der Waals surface area contributed by atoms with Crippen LogP contribution in [0.2, 0.25) is 0 Å². The van der Waals surface area contributed by atoms with Crippen LogP contribution in [0, 0.1) is 17.8 Å². The molecule has 2 aliphatic carbocycles. The number of hydrogen-bond donors (Lipinski definition) is 2. The van der Waals surface area contributed by atoms with Gasteiger partial charge in [0.15, 0.2) is 0 Å². The number of aromatic nitrogens is 2. The topological polar surface area (TPSA) is 72.9 Å². The molecule has 1 aromatic heterocycles. The van der Waals surface area contributed by atoms with E-state index in [1.165, 1.54) is 6.42 Å². The molecule has 6 heteroatoms. The first-order valence-corrected chi connectivity index (χ1v) is 8.79. The summed E-state index contributed by atoms with van der Waals surface area (Å²) in [6, 6.07) is 10.0. The van der Waals surface area contributed by atoms with Crippen molar-refractivity contribution in [3.8, 4) is 5.69 Å². The third-order valence-electron chi connectivity index (χ3n) is 5.78. The fraction of sp³-hybridized carbons (Fsp3) is 0.474. The van der Waals surface area contributed by atoms with E-state index in [9.17, 15) is 4.79 Å². The van der Waals surface area contributed by atoms with Crippen LogP contribution < -0.4 is 11.1 Å². The average molecular weight is 361 g/mol. The first-order chi connectivity index (χ1) is 11.6. The van der Waals surface area contributed by atoms with E-state index in [0.717, 1.165) is 24.1 Å². The molecule has 5 nitrogen and oxygen atoms in total. The van der Waals surface area contributed by atoms with Crippen LogP contribution in [-0.2, 0) is 4.79 Å². The number of hydrogen-bond acceptors (Lipinski definition) is 3. The molecule has 2 bridgehead atoms. The normalized spacial score (nSPS) is 28.4. The Labute approximate surface area is 154 Å². The fourth-order valence-electron chi connectivity index (χ4n) is 4.48. The van der Waals surface area contributed by atoms with E-state index in [2.05, 4.69) is 16.5 Å². The molecule has 0 aliphatic heterocycles. The molecular weight excluding hydrogens is 336 g/mol. The Hall–Kier alpha value is -1.85. The molecule has 1 amide bonds. The number of carbonyl (C=O) groups excluding carboxylic acids is 1. The van der Waals surface area contributed by atoms with Gasteiger partial charge in [0.05, 0.1) is 17.6 Å². The van der Waals surface area contributed by atoms with Gasteiger partial charge in [-0.05, 0) is 61.8 Å². The summed E-state index contributed by atoms with van der Waals surface area (Å²) >= 11 is 0. The van der Waals surface area contributed by atoms with Gasteiger partial charge in [0.2, 0.25) is 5.91 Å². The maximum Gasteiger partial charge on any atom is 0.225 e. The molecule has 0 saturated heterocycles. The van der Waals surface area contributed by atoms with Crippen LogP contribution in [0.4, 0.5) is 0 Å². The lowest BCUT2D eigenvalue weighted by Gasteiger charge is -2.28. The smallest absolute Gasteiger partial charge is 0.225 e. The maximum absolute atomic E-state index is 12.7. The summed E-state index contributed by atoms with van der Waals surface area (Å²) in [4.78, 5) is 12.7. The minimum Gasteiger partial charge on any atom is -0.349 e. The third-order valence-corrected chi connectivity index (χ3v) is 5.78. The number of nitrogens with two attached hydrogens (primary N) is 1. The van der Waals surface area contributed by atoms with Crippen molar-refractivity contribution in [1.29, 1.82) is 0 Å². The minimum atomic E-state index is -0.0423. The highest BCUT2D eigenvalue weighted by Crippen LogP contribution is 2.47. The van der Waals surface area contributed by atoms with Gasteiger partial charge in [-0.1, -0.05) is 12.1 Å². The standard InChI is InChI=1S/C19H24N4O.ClH/c1-12(13-4-2-5-16(11-13)23-9-3-8-21-23)22-19(24)17-14-6-7-15(10-14)18(17)20;/h2-5,8-9,11-12,14-15,17-18H,6-7,10,20H2,1H3,(H,22,24);1H. The molecule has 3 N–H and O–H groups in total. The maximum atomic E-state index is 12.7. The Kier molecular flexibility index (Phi) is 5.16. The van der Waals surface area contributed by atoms with Gasteiger partial charge >= 0.3 is 0 Å². The monoisotopic (exact) mass is 360 g/mol. The lowest BCUT2D eigenvalue weighted by atomic mass is 9.84. The van der Waals surface area contributed by atoms with E-state index in [-0.39, 0.29) is 36.3 Å². The molecule has 2 aliphatic rings. The van der Waals surface area contributed by atoms with Crippen molar-refractivity contribution >= 4 is 18.3 Å². The Bertz CT molecular complexity index is 731. The average Bonchev–Trinajstić information content (AvgIpc) is 3.32. The Morgan fingerprint density at radius 2 is 2.12 bits per heavy atom. The molecule has 25 heavy (non-hydrogen) atoms. The number of carbonyl (C=O) groups is 1. The van der Waals surface area contributed by atoms with E-state index in [4.69, 9.17) is 5.73 Å². The van der Waals surface area contributed by atoms with E-state index in [1.54, 1.807) is 6.20 Å². The zero-order valence-corrected chi connectivity index (χ0v) is 15.2. The van der Waals surface area contributed by atoms with Crippen molar-refractivity contribution in [2.45, 2.75) is 38.3 Å². The van der Waals surface area contributed by atoms with Crippen LogP contribution in [0.5, 0.6) is 0 Å². The molecular formula is C19H25ClN4O. The second-order valence-electron chi connectivity index (χ2n) is 7.21. The largest absolute Gasteiger partial charge is 0.349 e. The van der Waals surface area contributed by atoms with Gasteiger partial charge in [0.1, 0.15) is 0 Å². The molecule has 2 aromatic rings. The van der Waals surface area contributed by atoms with E-state index in [1.807, 2.05) is 42.1 Å². The Morgan fingerprint density at radius 3 is 2.80 bits per heavy atom. The summed E-state index contributed by atoms with van der Waals surface area (Å²) in [5.74, 6) is 1.13. The third kappa shape index (κ3) is 3.31. The van der Waals surface area contributed by atoms with E-state index in [0.29, 0.717) is 11.8 Å². The first-order valence-electron chi connectivity index (χ1n) is 8.79. The number of benzene rings is 1. The highest BCUT2D eigenvalue weighted by atomic mass is 35.5. The predicted molar refractivity (Wildman–Crippen MR) is 99.7 cm³/mol. The number of nitrogens with zero attached hydrogens (tertiary/aromatic N) is 2. The van der Waals surface area contributed by atoms with Crippen molar-refractivity contribution in [3.63, 3.8) is 0 Å². The van der Waals surface area contributed by atoms with Gasteiger partial charge in [-0.3, -0.25) is 4.79 Å². The number of amides is 1. The zero-order chi connectivity index (χ0) is 16.7. The van der Waals surface area contributed by atoms with Gasteiger partial charge in [-0.15, -0.1) is 12.4 Å². The summed E-state index contributed by atoms with van der Waals surface area (Å²) < 4.78 is 1.82. The summed E-state index contributed by atoms with van der Waals surface area (Å²) in [7, 11) is 0. The van der Waals surface area contributed by atoms with Gasteiger partial charge in [0, 0.05) is 18.4 Å². The number of nitrogens with one attached hydrogen (secondary N) is 1. The zero-order valence-electron chi connectivity index (χ0n) is 14.3. The van der Waals surface area contributed by atoms with Crippen LogP contribution in [0.25, 0.3) is 5.69 Å².